The van der Waals surface area contributed by atoms with Crippen LogP contribution in [0.1, 0.15) is 6.42 Å². The van der Waals surface area contributed by atoms with Crippen molar-refractivity contribution in [2.75, 3.05) is 20.4 Å². The highest BCUT2D eigenvalue weighted by Gasteiger charge is 2.23. The molecule has 2 aliphatic heterocycles. The standard InChI is InChI=1S/C22H20N2O5/c1-26-18-8-15-14(7-19(18)27-11-25)10-24(4-2-3-23)22-16-9-21-20(28-12-29-21)6-13(16)5-17(15)22/h5-11H,2-4,12,23H2,1H3. The first-order valence-electron chi connectivity index (χ1n) is 9.41. The molecular formula is C22H20N2O5. The summed E-state index contributed by atoms with van der Waals surface area (Å²) in [6, 6.07) is 9.92. The van der Waals surface area contributed by atoms with Crippen LogP contribution < -0.4 is 24.7 Å². The van der Waals surface area contributed by atoms with E-state index >= 15 is 0 Å². The minimum absolute atomic E-state index is 0.243. The van der Waals surface area contributed by atoms with Crippen LogP contribution in [0.5, 0.6) is 23.0 Å². The maximum Gasteiger partial charge on any atom is 0.298 e. The molecule has 0 spiro atoms. The second-order valence-electron chi connectivity index (χ2n) is 6.97. The molecule has 1 aliphatic carbocycles. The predicted octanol–water partition coefficient (Wildman–Crippen LogP) is 3.52. The summed E-state index contributed by atoms with van der Waals surface area (Å²) in [5.74, 6) is 2.40. The summed E-state index contributed by atoms with van der Waals surface area (Å²) in [7, 11) is 1.56. The summed E-state index contributed by atoms with van der Waals surface area (Å²) < 4.78 is 23.9. The number of nitrogens with two attached hydrogens (primary N) is 1. The van der Waals surface area contributed by atoms with E-state index in [2.05, 4.69) is 16.8 Å². The van der Waals surface area contributed by atoms with Gasteiger partial charge in [-0.05, 0) is 54.1 Å². The molecule has 0 bridgehead atoms. The number of rotatable bonds is 6. The molecule has 0 radical (unpaired) electrons. The Labute approximate surface area is 166 Å². The van der Waals surface area contributed by atoms with Crippen molar-refractivity contribution in [2.45, 2.75) is 13.0 Å². The molecule has 2 aromatic rings. The molecule has 0 fully saturated rings. The zero-order valence-corrected chi connectivity index (χ0v) is 15.9. The number of aryl methyl sites for hydroxylation is 1. The van der Waals surface area contributed by atoms with Crippen LogP contribution in [0.25, 0.3) is 32.8 Å². The van der Waals surface area contributed by atoms with Gasteiger partial charge in [-0.2, -0.15) is 0 Å². The van der Waals surface area contributed by atoms with Gasteiger partial charge in [0.25, 0.3) is 6.47 Å². The van der Waals surface area contributed by atoms with Crippen molar-refractivity contribution in [1.29, 1.82) is 0 Å². The van der Waals surface area contributed by atoms with Gasteiger partial charge in [-0.1, -0.05) is 0 Å². The van der Waals surface area contributed by atoms with Crippen LogP contribution in [-0.2, 0) is 11.3 Å². The molecule has 7 heteroatoms. The van der Waals surface area contributed by atoms with E-state index in [1.165, 1.54) is 0 Å². The summed E-state index contributed by atoms with van der Waals surface area (Å²) in [5.41, 5.74) is 7.95. The van der Waals surface area contributed by atoms with Gasteiger partial charge in [0.2, 0.25) is 6.79 Å². The molecule has 0 saturated carbocycles. The lowest BCUT2D eigenvalue weighted by Gasteiger charge is -2.18. The van der Waals surface area contributed by atoms with E-state index in [1.807, 2.05) is 24.3 Å². The van der Waals surface area contributed by atoms with Gasteiger partial charge < -0.3 is 29.2 Å². The van der Waals surface area contributed by atoms with Crippen LogP contribution in [0, 0.1) is 0 Å². The van der Waals surface area contributed by atoms with E-state index in [1.54, 1.807) is 7.11 Å². The zero-order chi connectivity index (χ0) is 20.0. The van der Waals surface area contributed by atoms with Crippen LogP contribution in [0.4, 0.5) is 0 Å². The van der Waals surface area contributed by atoms with Crippen LogP contribution in [0.2, 0.25) is 0 Å². The van der Waals surface area contributed by atoms with Crippen LogP contribution in [0.3, 0.4) is 0 Å². The maximum absolute atomic E-state index is 10.9. The number of hydrogen-bond acceptors (Lipinski definition) is 6. The monoisotopic (exact) mass is 392 g/mol. The second-order valence-corrected chi connectivity index (χ2v) is 6.97. The fourth-order valence-corrected chi connectivity index (χ4v) is 4.06. The van der Waals surface area contributed by atoms with Gasteiger partial charge in [-0.3, -0.25) is 4.79 Å². The fraction of sp³-hybridized carbons (Fsp3) is 0.227. The number of ether oxygens (including phenoxy) is 4. The molecule has 2 aromatic carbocycles. The summed E-state index contributed by atoms with van der Waals surface area (Å²) >= 11 is 0. The van der Waals surface area contributed by atoms with Crippen molar-refractivity contribution in [1.82, 2.24) is 4.57 Å². The van der Waals surface area contributed by atoms with E-state index in [9.17, 15) is 4.79 Å². The summed E-state index contributed by atoms with van der Waals surface area (Å²) in [4.78, 5) is 10.9. The lowest BCUT2D eigenvalue weighted by atomic mass is 10.0. The Hall–Kier alpha value is -3.45. The molecule has 2 N–H and O–H groups in total. The maximum atomic E-state index is 10.9. The number of pyridine rings is 1. The van der Waals surface area contributed by atoms with Crippen molar-refractivity contribution in [3.63, 3.8) is 0 Å². The van der Waals surface area contributed by atoms with E-state index in [-0.39, 0.29) is 6.79 Å². The SMILES string of the molecule is COc1cc2c3cc4cc5c(cc4c-3n(CCCN)cc2cc1OC=O)OCO5. The quantitative estimate of drug-likeness (QED) is 0.506. The number of hydrogen-bond donors (Lipinski definition) is 1. The van der Waals surface area contributed by atoms with Crippen molar-refractivity contribution < 1.29 is 23.7 Å². The van der Waals surface area contributed by atoms with Gasteiger partial charge in [0.05, 0.1) is 12.8 Å². The normalized spacial score (nSPS) is 12.8. The van der Waals surface area contributed by atoms with Gasteiger partial charge in [0.15, 0.2) is 23.0 Å². The highest BCUT2D eigenvalue weighted by Crippen LogP contribution is 2.46. The molecule has 0 amide bonds. The van der Waals surface area contributed by atoms with Gasteiger partial charge >= 0.3 is 0 Å². The average Bonchev–Trinajstić information content (AvgIpc) is 3.33. The second kappa shape index (κ2) is 6.86. The van der Waals surface area contributed by atoms with Gasteiger partial charge in [0.1, 0.15) is 0 Å². The average molecular weight is 392 g/mol. The Morgan fingerprint density at radius 1 is 1.07 bits per heavy atom. The number of aromatic nitrogens is 1. The Morgan fingerprint density at radius 3 is 2.66 bits per heavy atom. The highest BCUT2D eigenvalue weighted by atomic mass is 16.7. The van der Waals surface area contributed by atoms with Crippen molar-refractivity contribution in [3.05, 3.63) is 36.5 Å². The highest BCUT2D eigenvalue weighted by molar-refractivity contribution is 6.11. The third kappa shape index (κ3) is 2.74. The van der Waals surface area contributed by atoms with E-state index in [0.29, 0.717) is 24.5 Å². The molecule has 2 heterocycles. The van der Waals surface area contributed by atoms with Gasteiger partial charge in [-0.25, -0.2) is 0 Å². The predicted molar refractivity (Wildman–Crippen MR) is 109 cm³/mol. The van der Waals surface area contributed by atoms with E-state index < -0.39 is 0 Å². The lowest BCUT2D eigenvalue weighted by molar-refractivity contribution is -0.120. The minimum Gasteiger partial charge on any atom is -0.493 e. The molecule has 0 saturated heterocycles. The minimum atomic E-state index is 0.243. The van der Waals surface area contributed by atoms with Crippen LogP contribution in [0.15, 0.2) is 36.5 Å². The van der Waals surface area contributed by atoms with Crippen LogP contribution in [-0.4, -0.2) is 31.5 Å². The number of methoxy groups -OCH3 is 1. The van der Waals surface area contributed by atoms with Gasteiger partial charge in [0, 0.05) is 29.1 Å². The summed E-state index contributed by atoms with van der Waals surface area (Å²) in [5, 5.41) is 4.13. The van der Waals surface area contributed by atoms with Crippen molar-refractivity contribution in [2.24, 2.45) is 5.73 Å². The Kier molecular flexibility index (Phi) is 4.17. The molecule has 5 rings (SSSR count). The first-order valence-corrected chi connectivity index (χ1v) is 9.41. The third-order valence-corrected chi connectivity index (χ3v) is 5.34. The largest absolute Gasteiger partial charge is 0.493 e. The smallest absolute Gasteiger partial charge is 0.298 e. The number of nitrogens with zero attached hydrogens (tertiary/aromatic N) is 1. The van der Waals surface area contributed by atoms with Crippen molar-refractivity contribution >= 4 is 28.0 Å². The third-order valence-electron chi connectivity index (χ3n) is 5.34. The van der Waals surface area contributed by atoms with E-state index in [0.717, 1.165) is 57.3 Å². The number of fused-ring (bicyclic) bond motifs is 6. The molecular weight excluding hydrogens is 372 g/mol. The molecule has 0 unspecified atom stereocenters. The molecule has 0 aromatic heterocycles. The first kappa shape index (κ1) is 17.6. The molecule has 29 heavy (non-hydrogen) atoms. The van der Waals surface area contributed by atoms with E-state index in [4.69, 9.17) is 24.7 Å². The number of carbonyl (C=O) groups is 1. The zero-order valence-electron chi connectivity index (χ0n) is 15.9. The Bertz CT molecular complexity index is 1210. The first-order chi connectivity index (χ1) is 14.2. The molecule has 0 atom stereocenters. The molecule has 7 nitrogen and oxygen atoms in total. The number of carbonyl (C=O) groups excluding carboxylic acids is 1. The fourth-order valence-electron chi connectivity index (χ4n) is 4.06. The molecule has 148 valence electrons. The topological polar surface area (TPSA) is 84.9 Å². The Morgan fingerprint density at radius 2 is 1.90 bits per heavy atom. The van der Waals surface area contributed by atoms with Gasteiger partial charge in [-0.15, -0.1) is 0 Å². The molecule has 3 aliphatic rings. The Balaban J connectivity index is 1.84. The lowest BCUT2D eigenvalue weighted by Crippen LogP contribution is -2.08. The van der Waals surface area contributed by atoms with Crippen LogP contribution >= 0.6 is 0 Å². The summed E-state index contributed by atoms with van der Waals surface area (Å²) in [6.07, 6.45) is 2.91. The number of benzene rings is 2. The van der Waals surface area contributed by atoms with Crippen molar-refractivity contribution in [3.8, 4) is 34.3 Å². The summed E-state index contributed by atoms with van der Waals surface area (Å²) in [6.45, 7) is 2.02.